The second-order valence-corrected chi connectivity index (χ2v) is 8.54. The Morgan fingerprint density at radius 2 is 2.03 bits per heavy atom. The molecule has 0 bridgehead atoms. The molecule has 2 N–H and O–H groups in total. The molecule has 3 heterocycles. The summed E-state index contributed by atoms with van der Waals surface area (Å²) in [6, 6.07) is 9.73. The Bertz CT molecular complexity index is 1140. The second kappa shape index (κ2) is 7.79. The lowest BCUT2D eigenvalue weighted by Gasteiger charge is -2.31. The third-order valence-electron chi connectivity index (χ3n) is 5.40. The van der Waals surface area contributed by atoms with E-state index in [1.54, 1.807) is 4.90 Å². The number of aromatic nitrogens is 2. The molecular weight excluding hydrogens is 388 g/mol. The summed E-state index contributed by atoms with van der Waals surface area (Å²) in [6.07, 6.45) is 2.86. The van der Waals surface area contributed by atoms with Crippen LogP contribution in [0.2, 0.25) is 0 Å². The molecule has 4 rings (SSSR count). The summed E-state index contributed by atoms with van der Waals surface area (Å²) < 4.78 is 1.36. The van der Waals surface area contributed by atoms with Gasteiger partial charge in [0, 0.05) is 23.5 Å². The normalized spacial score (nSPS) is 16.9. The maximum absolute atomic E-state index is 13.2. The number of rotatable bonds is 4. The van der Waals surface area contributed by atoms with E-state index in [9.17, 15) is 14.4 Å². The average Bonchev–Trinajstić information content (AvgIpc) is 3.07. The third-order valence-corrected chi connectivity index (χ3v) is 6.41. The number of carbonyl (C=O) groups is 2. The number of nitrogens with zero attached hydrogens (tertiary/aromatic N) is 3. The van der Waals surface area contributed by atoms with Gasteiger partial charge in [-0.3, -0.25) is 19.0 Å². The van der Waals surface area contributed by atoms with Crippen LogP contribution in [0.3, 0.4) is 0 Å². The van der Waals surface area contributed by atoms with E-state index < -0.39 is 0 Å². The molecule has 1 saturated heterocycles. The van der Waals surface area contributed by atoms with Crippen LogP contribution in [0.25, 0.3) is 21.3 Å². The Morgan fingerprint density at radius 1 is 1.28 bits per heavy atom. The minimum atomic E-state index is -0.385. The van der Waals surface area contributed by atoms with E-state index in [1.807, 2.05) is 37.3 Å². The van der Waals surface area contributed by atoms with Crippen molar-refractivity contribution in [3.63, 3.8) is 0 Å². The van der Waals surface area contributed by atoms with Gasteiger partial charge in [0.05, 0.1) is 17.6 Å². The summed E-state index contributed by atoms with van der Waals surface area (Å²) >= 11 is 1.48. The molecule has 0 radical (unpaired) electrons. The summed E-state index contributed by atoms with van der Waals surface area (Å²) in [5.41, 5.74) is 7.00. The van der Waals surface area contributed by atoms with Gasteiger partial charge in [-0.1, -0.05) is 30.3 Å². The SMILES string of the molecule is Cc1sc2ncn(CC(=O)N3CCCC(C(N)=O)C3)c(=O)c2c1-c1ccccc1. The number of nitrogens with two attached hydrogens (primary N) is 1. The van der Waals surface area contributed by atoms with Crippen LogP contribution in [0.4, 0.5) is 0 Å². The molecule has 1 aliphatic heterocycles. The number of aryl methyl sites for hydroxylation is 1. The molecule has 1 atom stereocenters. The zero-order chi connectivity index (χ0) is 20.5. The van der Waals surface area contributed by atoms with Crippen LogP contribution < -0.4 is 11.3 Å². The number of piperidine rings is 1. The first-order valence-electron chi connectivity index (χ1n) is 9.56. The lowest BCUT2D eigenvalue weighted by atomic mass is 9.97. The van der Waals surface area contributed by atoms with Crippen molar-refractivity contribution < 1.29 is 9.59 Å². The van der Waals surface area contributed by atoms with Crippen molar-refractivity contribution in [3.05, 3.63) is 51.9 Å². The zero-order valence-electron chi connectivity index (χ0n) is 16.1. The minimum Gasteiger partial charge on any atom is -0.369 e. The minimum absolute atomic E-state index is 0.101. The quantitative estimate of drug-likeness (QED) is 0.712. The van der Waals surface area contributed by atoms with Crippen LogP contribution in [-0.2, 0) is 16.1 Å². The summed E-state index contributed by atoms with van der Waals surface area (Å²) in [5.74, 6) is -0.911. The number of thiophene rings is 1. The van der Waals surface area contributed by atoms with Gasteiger partial charge in [-0.25, -0.2) is 4.98 Å². The van der Waals surface area contributed by atoms with Crippen molar-refractivity contribution in [1.82, 2.24) is 14.5 Å². The van der Waals surface area contributed by atoms with E-state index >= 15 is 0 Å². The standard InChI is InChI=1S/C21H22N4O3S/c1-13-17(14-6-3-2-4-7-14)18-20(29-13)23-12-25(21(18)28)11-16(26)24-9-5-8-15(10-24)19(22)27/h2-4,6-7,12,15H,5,8-11H2,1H3,(H2,22,27). The zero-order valence-corrected chi connectivity index (χ0v) is 16.9. The fourth-order valence-electron chi connectivity index (χ4n) is 3.88. The monoisotopic (exact) mass is 410 g/mol. The van der Waals surface area contributed by atoms with Gasteiger partial charge >= 0.3 is 0 Å². The Morgan fingerprint density at radius 3 is 2.76 bits per heavy atom. The van der Waals surface area contributed by atoms with Crippen LogP contribution in [0.5, 0.6) is 0 Å². The van der Waals surface area contributed by atoms with Gasteiger partial charge in [0.25, 0.3) is 5.56 Å². The van der Waals surface area contributed by atoms with Crippen molar-refractivity contribution in [1.29, 1.82) is 0 Å². The van der Waals surface area contributed by atoms with Crippen LogP contribution in [0.15, 0.2) is 41.5 Å². The molecule has 2 amide bonds. The molecular formula is C21H22N4O3S. The van der Waals surface area contributed by atoms with Gasteiger partial charge in [0.1, 0.15) is 11.4 Å². The smallest absolute Gasteiger partial charge is 0.263 e. The molecule has 3 aromatic rings. The number of benzene rings is 1. The number of primary amides is 1. The molecule has 1 aliphatic rings. The molecule has 0 spiro atoms. The van der Waals surface area contributed by atoms with E-state index in [0.717, 1.165) is 22.4 Å². The average molecular weight is 410 g/mol. The molecule has 0 aliphatic carbocycles. The van der Waals surface area contributed by atoms with Gasteiger partial charge in [0.15, 0.2) is 0 Å². The lowest BCUT2D eigenvalue weighted by Crippen LogP contribution is -2.45. The number of carbonyl (C=O) groups excluding carboxylic acids is 2. The maximum atomic E-state index is 13.2. The predicted octanol–water partition coefficient (Wildman–Crippen LogP) is 2.16. The van der Waals surface area contributed by atoms with Gasteiger partial charge in [-0.15, -0.1) is 11.3 Å². The van der Waals surface area contributed by atoms with E-state index in [-0.39, 0.29) is 29.8 Å². The third kappa shape index (κ3) is 3.67. The van der Waals surface area contributed by atoms with E-state index in [0.29, 0.717) is 29.7 Å². The fraction of sp³-hybridized carbons (Fsp3) is 0.333. The summed E-state index contributed by atoms with van der Waals surface area (Å²) in [7, 11) is 0. The lowest BCUT2D eigenvalue weighted by molar-refractivity contribution is -0.135. The number of amides is 2. The molecule has 1 unspecified atom stereocenters. The van der Waals surface area contributed by atoms with E-state index in [1.165, 1.54) is 22.2 Å². The van der Waals surface area contributed by atoms with Gasteiger partial charge < -0.3 is 10.6 Å². The first kappa shape index (κ1) is 19.3. The van der Waals surface area contributed by atoms with Crippen molar-refractivity contribution in [2.45, 2.75) is 26.3 Å². The highest BCUT2D eigenvalue weighted by Gasteiger charge is 2.27. The molecule has 8 heteroatoms. The molecule has 2 aromatic heterocycles. The van der Waals surface area contributed by atoms with Gasteiger partial charge in [-0.2, -0.15) is 0 Å². The Labute approximate surface area is 171 Å². The van der Waals surface area contributed by atoms with Gasteiger partial charge in [-0.05, 0) is 25.3 Å². The van der Waals surface area contributed by atoms with Crippen LogP contribution in [0, 0.1) is 12.8 Å². The van der Waals surface area contributed by atoms with Crippen LogP contribution in [0.1, 0.15) is 17.7 Å². The highest BCUT2D eigenvalue weighted by molar-refractivity contribution is 7.19. The number of hydrogen-bond donors (Lipinski definition) is 1. The van der Waals surface area contributed by atoms with Crippen molar-refractivity contribution in [2.24, 2.45) is 11.7 Å². The van der Waals surface area contributed by atoms with Crippen LogP contribution >= 0.6 is 11.3 Å². The number of fused-ring (bicyclic) bond motifs is 1. The topological polar surface area (TPSA) is 98.3 Å². The largest absolute Gasteiger partial charge is 0.369 e. The highest BCUT2D eigenvalue weighted by Crippen LogP contribution is 2.35. The van der Waals surface area contributed by atoms with Crippen LogP contribution in [-0.4, -0.2) is 39.4 Å². The maximum Gasteiger partial charge on any atom is 0.263 e. The summed E-state index contributed by atoms with van der Waals surface area (Å²) in [4.78, 5) is 45.2. The first-order valence-corrected chi connectivity index (χ1v) is 10.4. The number of likely N-dealkylation sites (tertiary alicyclic amines) is 1. The van der Waals surface area contributed by atoms with Gasteiger partial charge in [0.2, 0.25) is 11.8 Å². The van der Waals surface area contributed by atoms with Crippen molar-refractivity contribution in [3.8, 4) is 11.1 Å². The summed E-state index contributed by atoms with van der Waals surface area (Å²) in [5, 5.41) is 0.544. The molecule has 1 fully saturated rings. The molecule has 0 saturated carbocycles. The van der Waals surface area contributed by atoms with Crippen molar-refractivity contribution in [2.75, 3.05) is 13.1 Å². The van der Waals surface area contributed by atoms with E-state index in [2.05, 4.69) is 4.98 Å². The Kier molecular flexibility index (Phi) is 5.19. The fourth-order valence-corrected chi connectivity index (χ4v) is 4.89. The molecule has 150 valence electrons. The molecule has 29 heavy (non-hydrogen) atoms. The van der Waals surface area contributed by atoms with Crippen molar-refractivity contribution >= 4 is 33.4 Å². The molecule has 7 nitrogen and oxygen atoms in total. The predicted molar refractivity (Wildman–Crippen MR) is 113 cm³/mol. The Hall–Kier alpha value is -3.00. The molecule has 1 aromatic carbocycles. The Balaban J connectivity index is 1.67. The summed E-state index contributed by atoms with van der Waals surface area (Å²) in [6.45, 7) is 2.75. The highest BCUT2D eigenvalue weighted by atomic mass is 32.1. The second-order valence-electron chi connectivity index (χ2n) is 7.34. The first-order chi connectivity index (χ1) is 14.0. The number of hydrogen-bond acceptors (Lipinski definition) is 5. The van der Waals surface area contributed by atoms with E-state index in [4.69, 9.17) is 5.73 Å².